The first kappa shape index (κ1) is 24.3. The molecule has 3 aromatic rings. The zero-order valence-corrected chi connectivity index (χ0v) is 20.7. The summed E-state index contributed by atoms with van der Waals surface area (Å²) in [5, 5.41) is 0.836. The smallest absolute Gasteiger partial charge is 0.290 e. The highest BCUT2D eigenvalue weighted by Crippen LogP contribution is 2.39. The van der Waals surface area contributed by atoms with E-state index in [1.807, 2.05) is 38.4 Å². The predicted molar refractivity (Wildman–Crippen MR) is 135 cm³/mol. The Hall–Kier alpha value is -2.83. The van der Waals surface area contributed by atoms with Crippen molar-refractivity contribution in [1.29, 1.82) is 0 Å². The summed E-state index contributed by atoms with van der Waals surface area (Å²) in [6.07, 6.45) is 4.07. The molecule has 1 amide bonds. The summed E-state index contributed by atoms with van der Waals surface area (Å²) >= 11 is 6.15. The third-order valence-electron chi connectivity index (χ3n) is 6.14. The Morgan fingerprint density at radius 3 is 2.53 bits per heavy atom. The van der Waals surface area contributed by atoms with Gasteiger partial charge in [0.15, 0.2) is 5.43 Å². The molecule has 1 aliphatic heterocycles. The van der Waals surface area contributed by atoms with E-state index < -0.39 is 6.04 Å². The van der Waals surface area contributed by atoms with E-state index >= 15 is 0 Å². The van der Waals surface area contributed by atoms with E-state index in [2.05, 4.69) is 11.8 Å². The van der Waals surface area contributed by atoms with E-state index in [4.69, 9.17) is 20.8 Å². The van der Waals surface area contributed by atoms with Crippen molar-refractivity contribution in [3.8, 4) is 5.75 Å². The van der Waals surface area contributed by atoms with Crippen molar-refractivity contribution in [3.63, 3.8) is 0 Å². The zero-order valence-electron chi connectivity index (χ0n) is 20.0. The topological polar surface area (TPSA) is 63.0 Å². The van der Waals surface area contributed by atoms with Gasteiger partial charge in [-0.15, -0.1) is 0 Å². The highest BCUT2D eigenvalue weighted by molar-refractivity contribution is 6.31. The lowest BCUT2D eigenvalue weighted by Crippen LogP contribution is -2.32. The molecule has 0 spiro atoms. The van der Waals surface area contributed by atoms with Crippen LogP contribution in [0.5, 0.6) is 5.75 Å². The fourth-order valence-electron chi connectivity index (χ4n) is 4.42. The fourth-order valence-corrected chi connectivity index (χ4v) is 4.59. The van der Waals surface area contributed by atoms with Gasteiger partial charge in [0.05, 0.1) is 23.6 Å². The average molecular weight is 483 g/mol. The molecule has 6 nitrogen and oxygen atoms in total. The van der Waals surface area contributed by atoms with Crippen LogP contribution in [-0.4, -0.2) is 49.5 Å². The molecular weight excluding hydrogens is 452 g/mol. The second-order valence-electron chi connectivity index (χ2n) is 9.00. The maximum atomic E-state index is 13.6. The first-order chi connectivity index (χ1) is 16.4. The molecule has 1 atom stereocenters. The van der Waals surface area contributed by atoms with Crippen LogP contribution < -0.4 is 10.2 Å². The number of carbonyl (C=O) groups excluding carboxylic acids is 1. The molecule has 2 heterocycles. The molecule has 1 aliphatic rings. The van der Waals surface area contributed by atoms with Gasteiger partial charge in [0.1, 0.15) is 11.3 Å². The van der Waals surface area contributed by atoms with Crippen molar-refractivity contribution >= 4 is 28.5 Å². The van der Waals surface area contributed by atoms with E-state index in [0.717, 1.165) is 43.5 Å². The molecule has 180 valence electrons. The summed E-state index contributed by atoms with van der Waals surface area (Å²) in [5.41, 5.74) is 1.38. The van der Waals surface area contributed by atoms with Crippen LogP contribution in [0.2, 0.25) is 5.02 Å². The van der Waals surface area contributed by atoms with Crippen LogP contribution in [0.1, 0.15) is 60.3 Å². The van der Waals surface area contributed by atoms with Gasteiger partial charge in [-0.3, -0.25) is 9.59 Å². The number of halogens is 1. The van der Waals surface area contributed by atoms with Gasteiger partial charge >= 0.3 is 0 Å². The molecule has 0 aliphatic carbocycles. The van der Waals surface area contributed by atoms with Crippen LogP contribution in [0, 0.1) is 0 Å². The van der Waals surface area contributed by atoms with Crippen molar-refractivity contribution in [2.75, 3.05) is 33.8 Å². The lowest BCUT2D eigenvalue weighted by atomic mass is 9.98. The monoisotopic (exact) mass is 482 g/mol. The summed E-state index contributed by atoms with van der Waals surface area (Å²) in [6.45, 7) is 4.17. The largest absolute Gasteiger partial charge is 0.494 e. The number of ether oxygens (including phenoxy) is 1. The molecule has 1 aromatic heterocycles. The highest BCUT2D eigenvalue weighted by atomic mass is 35.5. The van der Waals surface area contributed by atoms with Crippen LogP contribution >= 0.6 is 11.6 Å². The van der Waals surface area contributed by atoms with Gasteiger partial charge in [0.25, 0.3) is 5.91 Å². The van der Waals surface area contributed by atoms with Gasteiger partial charge in [-0.25, -0.2) is 0 Å². The Balaban J connectivity index is 1.72. The molecule has 1 unspecified atom stereocenters. The number of rotatable bonds is 10. The van der Waals surface area contributed by atoms with Gasteiger partial charge in [-0.2, -0.15) is 0 Å². The Bertz CT molecular complexity index is 1220. The second-order valence-corrected chi connectivity index (χ2v) is 9.43. The van der Waals surface area contributed by atoms with E-state index in [0.29, 0.717) is 34.7 Å². The van der Waals surface area contributed by atoms with E-state index in [-0.39, 0.29) is 17.1 Å². The molecule has 2 aromatic carbocycles. The summed E-state index contributed by atoms with van der Waals surface area (Å²) in [5.74, 6) is 0.642. The van der Waals surface area contributed by atoms with Gasteiger partial charge in [0, 0.05) is 11.6 Å². The normalized spacial score (nSPS) is 15.4. The van der Waals surface area contributed by atoms with Gasteiger partial charge < -0.3 is 19.0 Å². The molecule has 0 saturated heterocycles. The standard InChI is InChI=1S/C27H31ClN2O4/c1-4-5-6-16-33-20-11-8-18(9-12-20)24-23-25(31)21-17-19(28)10-13-22(21)34-26(23)27(32)30(24)15-7-14-29(2)3/h8-13,17,24H,4-7,14-16H2,1-3H3. The number of unbranched alkanes of at least 4 members (excludes halogenated alkanes) is 2. The highest BCUT2D eigenvalue weighted by Gasteiger charge is 2.42. The summed E-state index contributed by atoms with van der Waals surface area (Å²) in [7, 11) is 4.00. The molecule has 0 radical (unpaired) electrons. The number of amides is 1. The predicted octanol–water partition coefficient (Wildman–Crippen LogP) is 5.51. The summed E-state index contributed by atoms with van der Waals surface area (Å²) in [4.78, 5) is 30.8. The quantitative estimate of drug-likeness (QED) is 0.356. The SMILES string of the molecule is CCCCCOc1ccc(C2c3c(oc4ccc(Cl)cc4c3=O)C(=O)N2CCCN(C)C)cc1. The molecule has 4 rings (SSSR count). The number of carbonyl (C=O) groups is 1. The summed E-state index contributed by atoms with van der Waals surface area (Å²) in [6, 6.07) is 12.1. The lowest BCUT2D eigenvalue weighted by Gasteiger charge is -2.26. The minimum Gasteiger partial charge on any atom is -0.494 e. The Morgan fingerprint density at radius 1 is 1.06 bits per heavy atom. The minimum absolute atomic E-state index is 0.120. The van der Waals surface area contributed by atoms with E-state index in [1.54, 1.807) is 23.1 Å². The van der Waals surface area contributed by atoms with Crippen LogP contribution in [0.4, 0.5) is 0 Å². The first-order valence-electron chi connectivity index (χ1n) is 11.9. The van der Waals surface area contributed by atoms with E-state index in [1.165, 1.54) is 0 Å². The van der Waals surface area contributed by atoms with Crippen molar-refractivity contribution in [2.45, 2.75) is 38.6 Å². The maximum Gasteiger partial charge on any atom is 0.290 e. The van der Waals surface area contributed by atoms with Crippen molar-refractivity contribution in [2.24, 2.45) is 0 Å². The second kappa shape index (κ2) is 10.6. The number of hydrogen-bond donors (Lipinski definition) is 0. The van der Waals surface area contributed by atoms with Crippen molar-refractivity contribution in [3.05, 3.63) is 74.6 Å². The van der Waals surface area contributed by atoms with E-state index in [9.17, 15) is 9.59 Å². The van der Waals surface area contributed by atoms with Crippen molar-refractivity contribution in [1.82, 2.24) is 9.80 Å². The fraction of sp³-hybridized carbons (Fsp3) is 0.407. The van der Waals surface area contributed by atoms with Crippen LogP contribution in [0.3, 0.4) is 0 Å². The lowest BCUT2D eigenvalue weighted by molar-refractivity contribution is 0.0722. The summed E-state index contributed by atoms with van der Waals surface area (Å²) < 4.78 is 11.8. The Morgan fingerprint density at radius 2 is 1.82 bits per heavy atom. The Kier molecular flexibility index (Phi) is 7.59. The third kappa shape index (κ3) is 4.98. The van der Waals surface area contributed by atoms with Gasteiger partial charge in [-0.1, -0.05) is 43.5 Å². The average Bonchev–Trinajstić information content (AvgIpc) is 3.09. The number of fused-ring (bicyclic) bond motifs is 2. The zero-order chi connectivity index (χ0) is 24.2. The van der Waals surface area contributed by atoms with Crippen LogP contribution in [0.15, 0.2) is 51.7 Å². The number of nitrogens with zero attached hydrogens (tertiary/aromatic N) is 2. The molecule has 34 heavy (non-hydrogen) atoms. The van der Waals surface area contributed by atoms with Crippen molar-refractivity contribution < 1.29 is 13.9 Å². The number of hydrogen-bond acceptors (Lipinski definition) is 5. The first-order valence-corrected chi connectivity index (χ1v) is 12.2. The molecule has 7 heteroatoms. The molecule has 0 N–H and O–H groups in total. The van der Waals surface area contributed by atoms with Crippen LogP contribution in [0.25, 0.3) is 11.0 Å². The minimum atomic E-state index is -0.515. The molecule has 0 bridgehead atoms. The van der Waals surface area contributed by atoms with Crippen LogP contribution in [-0.2, 0) is 0 Å². The number of benzene rings is 2. The molecular formula is C27H31ClN2O4. The third-order valence-corrected chi connectivity index (χ3v) is 6.38. The van der Waals surface area contributed by atoms with Gasteiger partial charge in [0.2, 0.25) is 5.76 Å². The molecule has 0 saturated carbocycles. The Labute approximate surface area is 205 Å². The maximum absolute atomic E-state index is 13.6. The molecule has 0 fully saturated rings. The van der Waals surface area contributed by atoms with Gasteiger partial charge in [-0.05, 0) is 69.4 Å².